The van der Waals surface area contributed by atoms with E-state index >= 15 is 0 Å². The molecule has 0 aliphatic carbocycles. The van der Waals surface area contributed by atoms with Crippen LogP contribution in [0.3, 0.4) is 0 Å². The molecule has 1 aromatic rings. The van der Waals surface area contributed by atoms with Crippen LogP contribution in [0.2, 0.25) is 0 Å². The number of carbonyl (C=O) groups excluding carboxylic acids is 2. The van der Waals surface area contributed by atoms with Gasteiger partial charge in [0.1, 0.15) is 12.1 Å². The Morgan fingerprint density at radius 2 is 1.85 bits per heavy atom. The Morgan fingerprint density at radius 3 is 2.30 bits per heavy atom. The third-order valence-electron chi connectivity index (χ3n) is 3.04. The number of aryl methyl sites for hydroxylation is 1. The van der Waals surface area contributed by atoms with Gasteiger partial charge in [0.25, 0.3) is 0 Å². The SMILES string of the molecule is CCc1ccc(COC(=O)NC(C)(CO)C(N)=O)cc1. The summed E-state index contributed by atoms with van der Waals surface area (Å²) < 4.78 is 4.98. The van der Waals surface area contributed by atoms with E-state index in [2.05, 4.69) is 12.2 Å². The van der Waals surface area contributed by atoms with Crippen LogP contribution in [0.15, 0.2) is 24.3 Å². The zero-order valence-corrected chi connectivity index (χ0v) is 11.7. The molecule has 2 amide bonds. The fourth-order valence-electron chi connectivity index (χ4n) is 1.46. The van der Waals surface area contributed by atoms with Crippen LogP contribution < -0.4 is 11.1 Å². The highest BCUT2D eigenvalue weighted by Crippen LogP contribution is 2.07. The lowest BCUT2D eigenvalue weighted by Crippen LogP contribution is -2.57. The Kier molecular flexibility index (Phi) is 5.52. The number of carbonyl (C=O) groups is 2. The number of nitrogens with two attached hydrogens (primary N) is 1. The molecule has 6 nitrogen and oxygen atoms in total. The van der Waals surface area contributed by atoms with Gasteiger partial charge in [-0.25, -0.2) is 4.79 Å². The summed E-state index contributed by atoms with van der Waals surface area (Å²) in [4.78, 5) is 22.7. The van der Waals surface area contributed by atoms with Gasteiger partial charge in [0.2, 0.25) is 5.91 Å². The molecule has 0 aromatic heterocycles. The van der Waals surface area contributed by atoms with E-state index in [0.717, 1.165) is 12.0 Å². The van der Waals surface area contributed by atoms with Gasteiger partial charge in [-0.15, -0.1) is 0 Å². The number of aliphatic hydroxyl groups is 1. The predicted octanol–water partition coefficient (Wildman–Crippen LogP) is 0.711. The molecule has 1 aromatic carbocycles. The second kappa shape index (κ2) is 6.91. The smallest absolute Gasteiger partial charge is 0.408 e. The van der Waals surface area contributed by atoms with E-state index < -0.39 is 24.1 Å². The van der Waals surface area contributed by atoms with Crippen LogP contribution in [0.4, 0.5) is 4.79 Å². The van der Waals surface area contributed by atoms with Crippen LogP contribution in [0.25, 0.3) is 0 Å². The Morgan fingerprint density at radius 1 is 1.30 bits per heavy atom. The van der Waals surface area contributed by atoms with Gasteiger partial charge >= 0.3 is 6.09 Å². The van der Waals surface area contributed by atoms with Crippen molar-refractivity contribution in [2.75, 3.05) is 6.61 Å². The lowest BCUT2D eigenvalue weighted by Gasteiger charge is -2.24. The average molecular weight is 280 g/mol. The third kappa shape index (κ3) is 4.24. The van der Waals surface area contributed by atoms with E-state index in [-0.39, 0.29) is 6.61 Å². The maximum atomic E-state index is 11.6. The monoisotopic (exact) mass is 280 g/mol. The fraction of sp³-hybridized carbons (Fsp3) is 0.429. The third-order valence-corrected chi connectivity index (χ3v) is 3.04. The largest absolute Gasteiger partial charge is 0.445 e. The number of alkyl carbamates (subject to hydrolysis) is 1. The summed E-state index contributed by atoms with van der Waals surface area (Å²) in [6.45, 7) is 2.86. The molecule has 20 heavy (non-hydrogen) atoms. The van der Waals surface area contributed by atoms with Crippen LogP contribution in [0.1, 0.15) is 25.0 Å². The van der Waals surface area contributed by atoms with Crippen LogP contribution in [0.5, 0.6) is 0 Å². The molecule has 0 saturated heterocycles. The number of nitrogens with one attached hydrogen (secondary N) is 1. The molecule has 0 radical (unpaired) electrons. The number of amides is 2. The number of primary amides is 1. The highest BCUT2D eigenvalue weighted by Gasteiger charge is 2.32. The number of hydrogen-bond donors (Lipinski definition) is 3. The van der Waals surface area contributed by atoms with Crippen LogP contribution >= 0.6 is 0 Å². The summed E-state index contributed by atoms with van der Waals surface area (Å²) in [5.41, 5.74) is 5.60. The van der Waals surface area contributed by atoms with Crippen molar-refractivity contribution in [3.05, 3.63) is 35.4 Å². The minimum absolute atomic E-state index is 0.0795. The van der Waals surface area contributed by atoms with Crippen molar-refractivity contribution in [1.82, 2.24) is 5.32 Å². The molecule has 0 fully saturated rings. The lowest BCUT2D eigenvalue weighted by molar-refractivity contribution is -0.125. The Balaban J connectivity index is 2.52. The van der Waals surface area contributed by atoms with Gasteiger partial charge in [-0.2, -0.15) is 0 Å². The van der Waals surface area contributed by atoms with Gasteiger partial charge in [0.05, 0.1) is 6.61 Å². The normalized spacial score (nSPS) is 13.3. The minimum Gasteiger partial charge on any atom is -0.445 e. The summed E-state index contributed by atoms with van der Waals surface area (Å²) in [5.74, 6) is -0.829. The first-order valence-corrected chi connectivity index (χ1v) is 6.35. The molecule has 0 aliphatic rings. The molecule has 0 saturated carbocycles. The molecule has 6 heteroatoms. The van der Waals surface area contributed by atoms with Crippen molar-refractivity contribution in [1.29, 1.82) is 0 Å². The summed E-state index contributed by atoms with van der Waals surface area (Å²) in [6, 6.07) is 7.65. The van der Waals surface area contributed by atoms with Crippen molar-refractivity contribution in [2.45, 2.75) is 32.4 Å². The van der Waals surface area contributed by atoms with E-state index in [0.29, 0.717) is 0 Å². The lowest BCUT2D eigenvalue weighted by atomic mass is 10.0. The zero-order chi connectivity index (χ0) is 15.2. The first-order valence-electron chi connectivity index (χ1n) is 6.35. The molecule has 1 rings (SSSR count). The van der Waals surface area contributed by atoms with Crippen LogP contribution in [-0.2, 0) is 22.6 Å². The first-order chi connectivity index (χ1) is 9.41. The van der Waals surface area contributed by atoms with Gasteiger partial charge in [-0.05, 0) is 24.5 Å². The van der Waals surface area contributed by atoms with Crippen molar-refractivity contribution in [3.63, 3.8) is 0 Å². The number of benzene rings is 1. The summed E-state index contributed by atoms with van der Waals surface area (Å²) in [7, 11) is 0. The van der Waals surface area contributed by atoms with E-state index in [1.165, 1.54) is 12.5 Å². The van der Waals surface area contributed by atoms with E-state index in [1.54, 1.807) is 0 Å². The molecular weight excluding hydrogens is 260 g/mol. The van der Waals surface area contributed by atoms with Crippen molar-refractivity contribution >= 4 is 12.0 Å². The molecule has 0 bridgehead atoms. The van der Waals surface area contributed by atoms with Crippen molar-refractivity contribution in [2.24, 2.45) is 5.73 Å². The zero-order valence-electron chi connectivity index (χ0n) is 11.7. The quantitative estimate of drug-likeness (QED) is 0.714. The molecule has 110 valence electrons. The topological polar surface area (TPSA) is 102 Å². The molecule has 0 aliphatic heterocycles. The van der Waals surface area contributed by atoms with Gasteiger partial charge in [-0.3, -0.25) is 4.79 Å². The molecule has 4 N–H and O–H groups in total. The summed E-state index contributed by atoms with van der Waals surface area (Å²) >= 11 is 0. The molecule has 0 spiro atoms. The van der Waals surface area contributed by atoms with E-state index in [1.807, 2.05) is 24.3 Å². The molecule has 1 atom stereocenters. The second-order valence-electron chi connectivity index (χ2n) is 4.73. The van der Waals surface area contributed by atoms with Gasteiger partial charge < -0.3 is 20.9 Å². The summed E-state index contributed by atoms with van der Waals surface area (Å²) in [6.07, 6.45) is 0.134. The Hall–Kier alpha value is -2.08. The number of hydrogen-bond acceptors (Lipinski definition) is 4. The standard InChI is InChI=1S/C14H20N2O4/c1-3-10-4-6-11(7-5-10)8-20-13(19)16-14(2,9-17)12(15)18/h4-7,17H,3,8-9H2,1-2H3,(H2,15,18)(H,16,19). The van der Waals surface area contributed by atoms with Crippen molar-refractivity contribution in [3.8, 4) is 0 Å². The number of ether oxygens (including phenoxy) is 1. The first kappa shape index (κ1) is 16.0. The summed E-state index contributed by atoms with van der Waals surface area (Å²) in [5, 5.41) is 11.3. The predicted molar refractivity (Wildman–Crippen MR) is 73.8 cm³/mol. The number of rotatable bonds is 6. The van der Waals surface area contributed by atoms with Crippen LogP contribution in [-0.4, -0.2) is 29.3 Å². The van der Waals surface area contributed by atoms with Crippen LogP contribution in [0, 0.1) is 0 Å². The molecule has 0 heterocycles. The highest BCUT2D eigenvalue weighted by atomic mass is 16.5. The fourth-order valence-corrected chi connectivity index (χ4v) is 1.46. The average Bonchev–Trinajstić information content (AvgIpc) is 2.45. The maximum absolute atomic E-state index is 11.6. The molecule has 1 unspecified atom stereocenters. The van der Waals surface area contributed by atoms with Gasteiger partial charge in [0, 0.05) is 0 Å². The Labute approximate surface area is 117 Å². The molecular formula is C14H20N2O4. The maximum Gasteiger partial charge on any atom is 0.408 e. The van der Waals surface area contributed by atoms with Crippen molar-refractivity contribution < 1.29 is 19.4 Å². The van der Waals surface area contributed by atoms with E-state index in [4.69, 9.17) is 15.6 Å². The van der Waals surface area contributed by atoms with Gasteiger partial charge in [-0.1, -0.05) is 31.2 Å². The van der Waals surface area contributed by atoms with Gasteiger partial charge in [0.15, 0.2) is 0 Å². The minimum atomic E-state index is -1.52. The Bertz CT molecular complexity index is 473. The van der Waals surface area contributed by atoms with E-state index in [9.17, 15) is 9.59 Å². The highest BCUT2D eigenvalue weighted by molar-refractivity contribution is 5.88. The second-order valence-corrected chi connectivity index (χ2v) is 4.73. The number of aliphatic hydroxyl groups excluding tert-OH is 1.